The number of hydrogen-bond donors (Lipinski definition) is 0. The molecular weight excluding hydrogens is 341 g/mol. The van der Waals surface area contributed by atoms with Gasteiger partial charge in [0.2, 0.25) is 5.95 Å². The Bertz CT molecular complexity index is 837. The van der Waals surface area contributed by atoms with Crippen molar-refractivity contribution in [3.63, 3.8) is 0 Å². The lowest BCUT2D eigenvalue weighted by atomic mass is 9.98. The molecule has 27 heavy (non-hydrogen) atoms. The van der Waals surface area contributed by atoms with E-state index in [-0.39, 0.29) is 11.7 Å². The normalized spacial score (nSPS) is 20.7. The first-order valence-corrected chi connectivity index (χ1v) is 9.70. The van der Waals surface area contributed by atoms with Crippen LogP contribution in [-0.2, 0) is 0 Å². The molecule has 0 radical (unpaired) electrons. The van der Waals surface area contributed by atoms with Crippen LogP contribution in [0.25, 0.3) is 11.3 Å². The minimum Gasteiger partial charge on any atom is -0.356 e. The zero-order valence-corrected chi connectivity index (χ0v) is 15.6. The predicted octanol–water partition coefficient (Wildman–Crippen LogP) is 4.01. The number of halogens is 1. The van der Waals surface area contributed by atoms with Gasteiger partial charge in [0.1, 0.15) is 11.6 Å². The van der Waals surface area contributed by atoms with Crippen LogP contribution in [0.1, 0.15) is 32.6 Å². The topological polar surface area (TPSA) is 56.1 Å². The van der Waals surface area contributed by atoms with Crippen molar-refractivity contribution in [3.05, 3.63) is 36.1 Å². The van der Waals surface area contributed by atoms with Crippen molar-refractivity contribution >= 4 is 11.8 Å². The molecule has 1 aromatic heterocycles. The molecule has 0 N–H and O–H groups in total. The summed E-state index contributed by atoms with van der Waals surface area (Å²) < 4.78 is 13.3. The van der Waals surface area contributed by atoms with Gasteiger partial charge in [0.05, 0.1) is 11.8 Å². The number of nitrogens with zero attached hydrogens (tertiary/aromatic N) is 5. The van der Waals surface area contributed by atoms with Crippen molar-refractivity contribution in [1.29, 1.82) is 5.26 Å². The van der Waals surface area contributed by atoms with E-state index >= 15 is 0 Å². The number of rotatable bonds is 3. The van der Waals surface area contributed by atoms with E-state index in [4.69, 9.17) is 15.2 Å². The third kappa shape index (κ3) is 3.73. The average molecular weight is 365 g/mol. The van der Waals surface area contributed by atoms with Gasteiger partial charge < -0.3 is 9.80 Å². The molecule has 140 valence electrons. The van der Waals surface area contributed by atoms with E-state index in [1.54, 1.807) is 12.1 Å². The summed E-state index contributed by atoms with van der Waals surface area (Å²) in [5, 5.41) is 9.15. The van der Waals surface area contributed by atoms with Crippen molar-refractivity contribution in [3.8, 4) is 17.3 Å². The lowest BCUT2D eigenvalue weighted by molar-refractivity contribution is 0.485. The molecule has 1 aromatic carbocycles. The Kier molecular flexibility index (Phi) is 4.93. The van der Waals surface area contributed by atoms with E-state index in [2.05, 4.69) is 22.8 Å². The summed E-state index contributed by atoms with van der Waals surface area (Å²) in [4.78, 5) is 14.2. The monoisotopic (exact) mass is 365 g/mol. The van der Waals surface area contributed by atoms with Gasteiger partial charge in [0, 0.05) is 43.2 Å². The van der Waals surface area contributed by atoms with E-state index in [1.807, 2.05) is 6.07 Å². The summed E-state index contributed by atoms with van der Waals surface area (Å²) in [6.45, 7) is 4.82. The van der Waals surface area contributed by atoms with Gasteiger partial charge in [-0.3, -0.25) is 0 Å². The first-order chi connectivity index (χ1) is 13.1. The third-order valence-corrected chi connectivity index (χ3v) is 5.65. The third-order valence-electron chi connectivity index (χ3n) is 5.65. The molecular formula is C21H24FN5. The second-order valence-corrected chi connectivity index (χ2v) is 7.49. The molecule has 1 atom stereocenters. The summed E-state index contributed by atoms with van der Waals surface area (Å²) in [5.41, 5.74) is 1.71. The maximum absolute atomic E-state index is 13.3. The molecule has 0 bridgehead atoms. The number of hydrogen-bond acceptors (Lipinski definition) is 5. The van der Waals surface area contributed by atoms with E-state index in [9.17, 15) is 4.39 Å². The molecule has 2 saturated heterocycles. The van der Waals surface area contributed by atoms with Gasteiger partial charge in [-0.1, -0.05) is 0 Å². The minimum atomic E-state index is -0.250. The summed E-state index contributed by atoms with van der Waals surface area (Å²) in [7, 11) is 0. The first-order valence-electron chi connectivity index (χ1n) is 9.70. The number of benzene rings is 1. The average Bonchev–Trinajstić information content (AvgIpc) is 3.14. The van der Waals surface area contributed by atoms with Crippen LogP contribution in [0.4, 0.5) is 16.2 Å². The molecule has 2 aliphatic rings. The quantitative estimate of drug-likeness (QED) is 0.822. The number of anilines is 2. The van der Waals surface area contributed by atoms with E-state index in [1.165, 1.54) is 12.1 Å². The predicted molar refractivity (Wildman–Crippen MR) is 104 cm³/mol. The second kappa shape index (κ2) is 7.51. The smallest absolute Gasteiger partial charge is 0.228 e. The van der Waals surface area contributed by atoms with Crippen LogP contribution < -0.4 is 9.80 Å². The van der Waals surface area contributed by atoms with Gasteiger partial charge in [-0.25, -0.2) is 9.37 Å². The van der Waals surface area contributed by atoms with Crippen molar-refractivity contribution in [2.75, 3.05) is 29.4 Å². The highest BCUT2D eigenvalue weighted by atomic mass is 19.1. The SMILES string of the molecule is CC1CCCN1c1nc(-c2ccc(F)cc2)cc(N2CCC(C#N)CC2)n1. The number of aromatic nitrogens is 2. The lowest BCUT2D eigenvalue weighted by Gasteiger charge is -2.31. The molecule has 4 rings (SSSR count). The fourth-order valence-corrected chi connectivity index (χ4v) is 3.95. The molecule has 2 aromatic rings. The number of piperidine rings is 1. The first kappa shape index (κ1) is 17.7. The van der Waals surface area contributed by atoms with Crippen LogP contribution in [0.3, 0.4) is 0 Å². The highest BCUT2D eigenvalue weighted by Gasteiger charge is 2.26. The Labute approximate surface area is 159 Å². The van der Waals surface area contributed by atoms with Crippen LogP contribution >= 0.6 is 0 Å². The van der Waals surface area contributed by atoms with Crippen LogP contribution in [0, 0.1) is 23.1 Å². The second-order valence-electron chi connectivity index (χ2n) is 7.49. The van der Waals surface area contributed by atoms with Crippen LogP contribution in [0.5, 0.6) is 0 Å². The largest absolute Gasteiger partial charge is 0.356 e. The molecule has 5 nitrogen and oxygen atoms in total. The standard InChI is InChI=1S/C21H24FN5/c1-15-3-2-10-27(15)21-24-19(17-4-6-18(22)7-5-17)13-20(25-21)26-11-8-16(14-23)9-12-26/h4-7,13,15-16H,2-3,8-12H2,1H3. The Morgan fingerprint density at radius 2 is 1.81 bits per heavy atom. The van der Waals surface area contributed by atoms with Gasteiger partial charge >= 0.3 is 0 Å². The molecule has 0 saturated carbocycles. The summed E-state index contributed by atoms with van der Waals surface area (Å²) in [6, 6.07) is 11.3. The van der Waals surface area contributed by atoms with E-state index in [0.717, 1.165) is 68.3 Å². The lowest BCUT2D eigenvalue weighted by Crippen LogP contribution is -2.35. The van der Waals surface area contributed by atoms with E-state index < -0.39 is 0 Å². The molecule has 2 aliphatic heterocycles. The minimum absolute atomic E-state index is 0.137. The van der Waals surface area contributed by atoms with Gasteiger partial charge in [-0.05, 0) is 56.9 Å². The van der Waals surface area contributed by atoms with Crippen LogP contribution in [-0.4, -0.2) is 35.6 Å². The highest BCUT2D eigenvalue weighted by Crippen LogP contribution is 2.30. The molecule has 0 amide bonds. The van der Waals surface area contributed by atoms with Crippen molar-refractivity contribution in [2.45, 2.75) is 38.6 Å². The van der Waals surface area contributed by atoms with Crippen molar-refractivity contribution in [1.82, 2.24) is 9.97 Å². The molecule has 1 unspecified atom stereocenters. The van der Waals surface area contributed by atoms with Gasteiger partial charge in [0.15, 0.2) is 0 Å². The van der Waals surface area contributed by atoms with Gasteiger partial charge in [-0.2, -0.15) is 10.2 Å². The van der Waals surface area contributed by atoms with E-state index in [0.29, 0.717) is 6.04 Å². The highest BCUT2D eigenvalue weighted by molar-refractivity contribution is 5.65. The van der Waals surface area contributed by atoms with Gasteiger partial charge in [-0.15, -0.1) is 0 Å². The fourth-order valence-electron chi connectivity index (χ4n) is 3.95. The van der Waals surface area contributed by atoms with Crippen molar-refractivity contribution < 1.29 is 4.39 Å². The summed E-state index contributed by atoms with van der Waals surface area (Å²) in [5.74, 6) is 1.53. The van der Waals surface area contributed by atoms with Crippen LogP contribution in [0.15, 0.2) is 30.3 Å². The summed E-state index contributed by atoms with van der Waals surface area (Å²) in [6.07, 6.45) is 4.02. The zero-order valence-electron chi connectivity index (χ0n) is 15.6. The summed E-state index contributed by atoms with van der Waals surface area (Å²) >= 11 is 0. The fraction of sp³-hybridized carbons (Fsp3) is 0.476. The molecule has 6 heteroatoms. The molecule has 0 aliphatic carbocycles. The maximum atomic E-state index is 13.3. The molecule has 2 fully saturated rings. The Hall–Kier alpha value is -2.68. The zero-order chi connectivity index (χ0) is 18.8. The Morgan fingerprint density at radius 3 is 2.44 bits per heavy atom. The Morgan fingerprint density at radius 1 is 1.07 bits per heavy atom. The number of nitriles is 1. The van der Waals surface area contributed by atoms with Gasteiger partial charge in [0.25, 0.3) is 0 Å². The van der Waals surface area contributed by atoms with Crippen LogP contribution in [0.2, 0.25) is 0 Å². The van der Waals surface area contributed by atoms with Crippen molar-refractivity contribution in [2.24, 2.45) is 5.92 Å². The molecule has 3 heterocycles. The maximum Gasteiger partial charge on any atom is 0.228 e. The Balaban J connectivity index is 1.70. The molecule has 0 spiro atoms.